The number of ketones is 1. The summed E-state index contributed by atoms with van der Waals surface area (Å²) in [6.45, 7) is 1.14. The van der Waals surface area contributed by atoms with Crippen LogP contribution in [0, 0.1) is 5.82 Å². The molecule has 0 radical (unpaired) electrons. The summed E-state index contributed by atoms with van der Waals surface area (Å²) < 4.78 is 34.7. The molecule has 14 heavy (non-hydrogen) atoms. The molecule has 0 spiro atoms. The zero-order chi connectivity index (χ0) is 10.9. The van der Waals surface area contributed by atoms with Gasteiger partial charge >= 0.3 is 0 Å². The van der Waals surface area contributed by atoms with Gasteiger partial charge < -0.3 is 0 Å². The molecule has 0 fully saturated rings. The maximum Gasteiger partial charge on any atom is 0.238 e. The third kappa shape index (κ3) is 2.15. The average Bonchev–Trinajstić information content (AvgIpc) is 2.01. The van der Waals surface area contributed by atoms with Gasteiger partial charge in [0.1, 0.15) is 5.82 Å². The summed E-state index contributed by atoms with van der Waals surface area (Å²) >= 11 is 0. The highest BCUT2D eigenvalue weighted by molar-refractivity contribution is 7.89. The summed E-state index contributed by atoms with van der Waals surface area (Å²) in [5.41, 5.74) is -0.229. The summed E-state index contributed by atoms with van der Waals surface area (Å²) in [5, 5.41) is 4.84. The maximum atomic E-state index is 12.7. The lowest BCUT2D eigenvalue weighted by atomic mass is 10.1. The Balaban J connectivity index is 3.53. The van der Waals surface area contributed by atoms with Crippen LogP contribution in [0.5, 0.6) is 0 Å². The molecule has 0 atom stereocenters. The van der Waals surface area contributed by atoms with Gasteiger partial charge in [-0.25, -0.2) is 17.9 Å². The molecular formula is C8H8FNO3S. The van der Waals surface area contributed by atoms with Gasteiger partial charge in [0.25, 0.3) is 0 Å². The van der Waals surface area contributed by atoms with E-state index in [-0.39, 0.29) is 10.5 Å². The molecule has 0 saturated carbocycles. The van der Waals surface area contributed by atoms with Gasteiger partial charge in [-0.3, -0.25) is 4.79 Å². The van der Waals surface area contributed by atoms with Crippen molar-refractivity contribution in [3.63, 3.8) is 0 Å². The van der Waals surface area contributed by atoms with Crippen LogP contribution in [0.2, 0.25) is 0 Å². The van der Waals surface area contributed by atoms with Gasteiger partial charge in [0, 0.05) is 5.56 Å². The van der Waals surface area contributed by atoms with Crippen LogP contribution in [0.3, 0.4) is 0 Å². The van der Waals surface area contributed by atoms with E-state index in [2.05, 4.69) is 0 Å². The number of hydrogen-bond donors (Lipinski definition) is 1. The fraction of sp³-hybridized carbons (Fsp3) is 0.125. The zero-order valence-corrected chi connectivity index (χ0v) is 8.14. The predicted molar refractivity (Wildman–Crippen MR) is 47.8 cm³/mol. The van der Waals surface area contributed by atoms with Crippen molar-refractivity contribution in [3.8, 4) is 0 Å². The first-order chi connectivity index (χ1) is 6.32. The van der Waals surface area contributed by atoms with Gasteiger partial charge in [-0.2, -0.15) is 0 Å². The van der Waals surface area contributed by atoms with Gasteiger partial charge in [0.15, 0.2) is 5.78 Å². The molecule has 1 rings (SSSR count). The molecule has 6 heteroatoms. The Bertz CT molecular complexity index is 481. The Labute approximate surface area is 80.6 Å². The highest BCUT2D eigenvalue weighted by atomic mass is 32.2. The summed E-state index contributed by atoms with van der Waals surface area (Å²) in [4.78, 5) is 10.6. The number of nitrogens with two attached hydrogens (primary N) is 1. The molecule has 4 nitrogen and oxygen atoms in total. The molecule has 0 saturated heterocycles. The molecule has 1 aromatic carbocycles. The SMILES string of the molecule is CC(=O)c1cc(F)ccc1S(N)(=O)=O. The number of carbonyl (C=O) groups excluding carboxylic acids is 1. The molecule has 0 bridgehead atoms. The van der Waals surface area contributed by atoms with Gasteiger partial charge in [0.05, 0.1) is 4.90 Å². The van der Waals surface area contributed by atoms with E-state index in [0.29, 0.717) is 0 Å². The molecule has 76 valence electrons. The number of rotatable bonds is 2. The number of Topliss-reactive ketones (excluding diaryl/α,β-unsaturated/α-hetero) is 1. The first-order valence-corrected chi connectivity index (χ1v) is 5.20. The van der Waals surface area contributed by atoms with Crippen molar-refractivity contribution in [1.29, 1.82) is 0 Å². The minimum Gasteiger partial charge on any atom is -0.294 e. The highest BCUT2D eigenvalue weighted by Crippen LogP contribution is 2.16. The second-order valence-electron chi connectivity index (χ2n) is 2.74. The van der Waals surface area contributed by atoms with Crippen molar-refractivity contribution in [3.05, 3.63) is 29.6 Å². The van der Waals surface area contributed by atoms with Crippen molar-refractivity contribution < 1.29 is 17.6 Å². The number of hydrogen-bond acceptors (Lipinski definition) is 3. The van der Waals surface area contributed by atoms with Crippen LogP contribution < -0.4 is 5.14 Å². The van der Waals surface area contributed by atoms with E-state index in [1.807, 2.05) is 0 Å². The zero-order valence-electron chi connectivity index (χ0n) is 7.32. The van der Waals surface area contributed by atoms with Crippen LogP contribution in [0.1, 0.15) is 17.3 Å². The summed E-state index contributed by atoms with van der Waals surface area (Å²) in [6, 6.07) is 2.76. The van der Waals surface area contributed by atoms with Gasteiger partial charge in [-0.1, -0.05) is 0 Å². The Morgan fingerprint density at radius 1 is 1.43 bits per heavy atom. The van der Waals surface area contributed by atoms with E-state index in [1.165, 1.54) is 0 Å². The summed E-state index contributed by atoms with van der Waals surface area (Å²) in [6.07, 6.45) is 0. The molecule has 1 aromatic rings. The topological polar surface area (TPSA) is 77.2 Å². The molecular weight excluding hydrogens is 209 g/mol. The van der Waals surface area contributed by atoms with E-state index in [4.69, 9.17) is 5.14 Å². The minimum absolute atomic E-state index is 0.229. The lowest BCUT2D eigenvalue weighted by Crippen LogP contribution is -2.16. The molecule has 0 aliphatic rings. The van der Waals surface area contributed by atoms with Gasteiger partial charge in [-0.15, -0.1) is 0 Å². The van der Waals surface area contributed by atoms with E-state index in [0.717, 1.165) is 25.1 Å². The standard InChI is InChI=1S/C8H8FNO3S/c1-5(11)7-4-6(9)2-3-8(7)14(10,12)13/h2-4H,1H3,(H2,10,12,13). The monoisotopic (exact) mass is 217 g/mol. The van der Waals surface area contributed by atoms with E-state index < -0.39 is 21.6 Å². The number of sulfonamides is 1. The quantitative estimate of drug-likeness (QED) is 0.740. The Hall–Kier alpha value is -1.27. The van der Waals surface area contributed by atoms with Crippen LogP contribution in [0.25, 0.3) is 0 Å². The molecule has 0 aliphatic carbocycles. The van der Waals surface area contributed by atoms with Crippen molar-refractivity contribution in [1.82, 2.24) is 0 Å². The Morgan fingerprint density at radius 2 is 2.00 bits per heavy atom. The van der Waals surface area contributed by atoms with Crippen molar-refractivity contribution in [2.45, 2.75) is 11.8 Å². The third-order valence-corrected chi connectivity index (χ3v) is 2.60. The fourth-order valence-electron chi connectivity index (χ4n) is 1.03. The van der Waals surface area contributed by atoms with Crippen LogP contribution in [-0.2, 0) is 10.0 Å². The predicted octanol–water partition coefficient (Wildman–Crippen LogP) is 0.676. The fourth-order valence-corrected chi connectivity index (χ4v) is 1.79. The van der Waals surface area contributed by atoms with Crippen LogP contribution in [0.4, 0.5) is 4.39 Å². The molecule has 0 aromatic heterocycles. The molecule has 0 aliphatic heterocycles. The number of benzene rings is 1. The van der Waals surface area contributed by atoms with Crippen LogP contribution >= 0.6 is 0 Å². The lowest BCUT2D eigenvalue weighted by molar-refractivity contribution is 0.101. The van der Waals surface area contributed by atoms with E-state index in [1.54, 1.807) is 0 Å². The molecule has 0 heterocycles. The first kappa shape index (κ1) is 10.8. The summed E-state index contributed by atoms with van der Waals surface area (Å²) in [7, 11) is -3.98. The number of halogens is 1. The highest BCUT2D eigenvalue weighted by Gasteiger charge is 2.17. The minimum atomic E-state index is -3.98. The van der Waals surface area contributed by atoms with Crippen LogP contribution in [0.15, 0.2) is 23.1 Å². The Morgan fingerprint density at radius 3 is 2.43 bits per heavy atom. The summed E-state index contributed by atoms with van der Waals surface area (Å²) in [5.74, 6) is -1.23. The second-order valence-corrected chi connectivity index (χ2v) is 4.27. The van der Waals surface area contributed by atoms with Crippen LogP contribution in [-0.4, -0.2) is 14.2 Å². The number of carbonyl (C=O) groups is 1. The molecule has 0 amide bonds. The average molecular weight is 217 g/mol. The normalized spacial score (nSPS) is 11.4. The molecule has 2 N–H and O–H groups in total. The Kier molecular flexibility index (Phi) is 2.68. The second kappa shape index (κ2) is 3.47. The third-order valence-electron chi connectivity index (χ3n) is 1.63. The molecule has 0 unspecified atom stereocenters. The maximum absolute atomic E-state index is 12.7. The van der Waals surface area contributed by atoms with Crippen molar-refractivity contribution in [2.75, 3.05) is 0 Å². The van der Waals surface area contributed by atoms with Crippen molar-refractivity contribution >= 4 is 15.8 Å². The lowest BCUT2D eigenvalue weighted by Gasteiger charge is -2.03. The van der Waals surface area contributed by atoms with E-state index in [9.17, 15) is 17.6 Å². The number of primary sulfonamides is 1. The van der Waals surface area contributed by atoms with Crippen molar-refractivity contribution in [2.24, 2.45) is 5.14 Å². The van der Waals surface area contributed by atoms with E-state index >= 15 is 0 Å². The van der Waals surface area contributed by atoms with Gasteiger partial charge in [0.2, 0.25) is 10.0 Å². The smallest absolute Gasteiger partial charge is 0.238 e. The largest absolute Gasteiger partial charge is 0.294 e. The first-order valence-electron chi connectivity index (χ1n) is 3.65. The van der Waals surface area contributed by atoms with Gasteiger partial charge in [-0.05, 0) is 25.1 Å².